The summed E-state index contributed by atoms with van der Waals surface area (Å²) in [7, 11) is 0. The van der Waals surface area contributed by atoms with Gasteiger partial charge in [-0.2, -0.15) is 0 Å². The smallest absolute Gasteiger partial charge is 0.0120 e. The second kappa shape index (κ2) is 5.27. The Balaban J connectivity index is 1.41. The van der Waals surface area contributed by atoms with E-state index < -0.39 is 0 Å². The monoisotopic (exact) mass is 236 g/mol. The lowest BCUT2D eigenvalue weighted by molar-refractivity contribution is 0.0788. The van der Waals surface area contributed by atoms with Crippen molar-refractivity contribution in [3.63, 3.8) is 0 Å². The van der Waals surface area contributed by atoms with Gasteiger partial charge in [0.15, 0.2) is 0 Å². The van der Waals surface area contributed by atoms with Crippen molar-refractivity contribution in [3.8, 4) is 0 Å². The summed E-state index contributed by atoms with van der Waals surface area (Å²) in [4.78, 5) is 5.51. The van der Waals surface area contributed by atoms with E-state index in [9.17, 15) is 0 Å². The Kier molecular flexibility index (Phi) is 3.72. The van der Waals surface area contributed by atoms with Gasteiger partial charge in [0.1, 0.15) is 0 Å². The van der Waals surface area contributed by atoms with Crippen molar-refractivity contribution >= 4 is 0 Å². The van der Waals surface area contributed by atoms with Crippen molar-refractivity contribution in [3.05, 3.63) is 0 Å². The Hall–Kier alpha value is -0.0800. The molecular weight excluding hydrogens is 208 g/mol. The Morgan fingerprint density at radius 2 is 1.47 bits per heavy atom. The zero-order valence-electron chi connectivity index (χ0n) is 11.4. The van der Waals surface area contributed by atoms with E-state index in [1.165, 1.54) is 71.2 Å². The zero-order chi connectivity index (χ0) is 11.7. The van der Waals surface area contributed by atoms with Crippen molar-refractivity contribution < 1.29 is 0 Å². The van der Waals surface area contributed by atoms with Crippen molar-refractivity contribution in [2.75, 3.05) is 32.7 Å². The maximum atomic E-state index is 2.79. The number of hydrogen-bond acceptors (Lipinski definition) is 2. The highest BCUT2D eigenvalue weighted by atomic mass is 15.2. The Bertz CT molecular complexity index is 233. The molecule has 3 fully saturated rings. The van der Waals surface area contributed by atoms with E-state index in [4.69, 9.17) is 0 Å². The molecule has 0 aromatic rings. The molecule has 98 valence electrons. The molecule has 0 unspecified atom stereocenters. The molecular formula is C15H28N2. The molecule has 0 amide bonds. The first-order valence-corrected chi connectivity index (χ1v) is 7.77. The van der Waals surface area contributed by atoms with Crippen LogP contribution in [0.25, 0.3) is 0 Å². The normalized spacial score (nSPS) is 30.9. The second-order valence-electron chi connectivity index (χ2n) is 6.69. The Morgan fingerprint density at radius 1 is 0.824 bits per heavy atom. The van der Waals surface area contributed by atoms with Crippen molar-refractivity contribution in [1.29, 1.82) is 0 Å². The number of likely N-dealkylation sites (tertiary alicyclic amines) is 2. The number of rotatable bonds is 3. The molecule has 2 heterocycles. The van der Waals surface area contributed by atoms with E-state index in [1.54, 1.807) is 0 Å². The highest BCUT2D eigenvalue weighted by Gasteiger charge is 2.30. The van der Waals surface area contributed by atoms with Crippen LogP contribution in [0.3, 0.4) is 0 Å². The van der Waals surface area contributed by atoms with E-state index in [1.807, 2.05) is 0 Å². The minimum absolute atomic E-state index is 0.915. The van der Waals surface area contributed by atoms with Crippen LogP contribution in [-0.4, -0.2) is 48.6 Å². The zero-order valence-corrected chi connectivity index (χ0v) is 11.4. The average molecular weight is 236 g/mol. The second-order valence-corrected chi connectivity index (χ2v) is 6.69. The standard InChI is InChI=1S/C15H28N2/c1-13-4-10-17(11-5-13)15-6-8-16(9-7-15)12-14-2-3-14/h13-15H,2-12H2,1H3. The van der Waals surface area contributed by atoms with Gasteiger partial charge >= 0.3 is 0 Å². The van der Waals surface area contributed by atoms with E-state index in [-0.39, 0.29) is 0 Å². The van der Waals surface area contributed by atoms with Gasteiger partial charge in [0, 0.05) is 12.6 Å². The first-order valence-electron chi connectivity index (χ1n) is 7.77. The highest BCUT2D eigenvalue weighted by Crippen LogP contribution is 2.31. The lowest BCUT2D eigenvalue weighted by Gasteiger charge is -2.41. The van der Waals surface area contributed by atoms with Crippen molar-refractivity contribution in [2.24, 2.45) is 11.8 Å². The molecule has 2 aliphatic heterocycles. The van der Waals surface area contributed by atoms with Gasteiger partial charge in [-0.3, -0.25) is 0 Å². The van der Waals surface area contributed by atoms with Gasteiger partial charge in [0.25, 0.3) is 0 Å². The maximum absolute atomic E-state index is 2.79. The minimum atomic E-state index is 0.915. The summed E-state index contributed by atoms with van der Waals surface area (Å²) in [6.45, 7) is 9.29. The molecule has 3 aliphatic rings. The van der Waals surface area contributed by atoms with Crippen LogP contribution in [0, 0.1) is 11.8 Å². The summed E-state index contributed by atoms with van der Waals surface area (Å²) in [6, 6.07) is 0.915. The summed E-state index contributed by atoms with van der Waals surface area (Å²) in [5, 5.41) is 0. The van der Waals surface area contributed by atoms with Crippen LogP contribution in [0.1, 0.15) is 45.4 Å². The van der Waals surface area contributed by atoms with Gasteiger partial charge < -0.3 is 9.80 Å². The van der Waals surface area contributed by atoms with Crippen molar-refractivity contribution in [2.45, 2.75) is 51.5 Å². The fourth-order valence-corrected chi connectivity index (χ4v) is 3.53. The molecule has 2 nitrogen and oxygen atoms in total. The molecule has 0 aromatic heterocycles. The van der Waals surface area contributed by atoms with E-state index in [0.717, 1.165) is 17.9 Å². The third kappa shape index (κ3) is 3.23. The summed E-state index contributed by atoms with van der Waals surface area (Å²) in [5.41, 5.74) is 0. The van der Waals surface area contributed by atoms with Gasteiger partial charge in [-0.05, 0) is 76.5 Å². The van der Waals surface area contributed by atoms with Crippen LogP contribution in [0.2, 0.25) is 0 Å². The summed E-state index contributed by atoms with van der Waals surface area (Å²) >= 11 is 0. The predicted molar refractivity (Wildman–Crippen MR) is 72.2 cm³/mol. The van der Waals surface area contributed by atoms with Crippen LogP contribution in [0.4, 0.5) is 0 Å². The predicted octanol–water partition coefficient (Wildman–Crippen LogP) is 2.59. The van der Waals surface area contributed by atoms with E-state index >= 15 is 0 Å². The van der Waals surface area contributed by atoms with Crippen LogP contribution < -0.4 is 0 Å². The Labute approximate surface area is 106 Å². The molecule has 1 saturated carbocycles. The van der Waals surface area contributed by atoms with Crippen LogP contribution in [-0.2, 0) is 0 Å². The fraction of sp³-hybridized carbons (Fsp3) is 1.00. The quantitative estimate of drug-likeness (QED) is 0.743. The fourth-order valence-electron chi connectivity index (χ4n) is 3.53. The third-order valence-corrected chi connectivity index (χ3v) is 5.11. The molecule has 2 saturated heterocycles. The SMILES string of the molecule is CC1CCN(C2CCN(CC3CC3)CC2)CC1. The lowest BCUT2D eigenvalue weighted by atomic mass is 9.95. The largest absolute Gasteiger partial charge is 0.303 e. The molecule has 0 bridgehead atoms. The first kappa shape index (κ1) is 12.0. The summed E-state index contributed by atoms with van der Waals surface area (Å²) < 4.78 is 0. The number of nitrogens with zero attached hydrogens (tertiary/aromatic N) is 2. The molecule has 3 rings (SSSR count). The Morgan fingerprint density at radius 3 is 2.06 bits per heavy atom. The summed E-state index contributed by atoms with van der Waals surface area (Å²) in [6.07, 6.45) is 8.74. The van der Waals surface area contributed by atoms with Crippen LogP contribution >= 0.6 is 0 Å². The first-order chi connectivity index (χ1) is 8.31. The number of piperidine rings is 2. The van der Waals surface area contributed by atoms with E-state index in [2.05, 4.69) is 16.7 Å². The highest BCUT2D eigenvalue weighted by molar-refractivity contribution is 4.85. The van der Waals surface area contributed by atoms with Crippen LogP contribution in [0.5, 0.6) is 0 Å². The molecule has 17 heavy (non-hydrogen) atoms. The lowest BCUT2D eigenvalue weighted by Crippen LogP contribution is -2.47. The molecule has 0 atom stereocenters. The molecule has 0 radical (unpaired) electrons. The maximum Gasteiger partial charge on any atom is 0.0120 e. The average Bonchev–Trinajstić information content (AvgIpc) is 3.15. The van der Waals surface area contributed by atoms with Gasteiger partial charge in [0.2, 0.25) is 0 Å². The van der Waals surface area contributed by atoms with Crippen LogP contribution in [0.15, 0.2) is 0 Å². The third-order valence-electron chi connectivity index (χ3n) is 5.11. The van der Waals surface area contributed by atoms with Crippen molar-refractivity contribution in [1.82, 2.24) is 9.80 Å². The van der Waals surface area contributed by atoms with Gasteiger partial charge in [0.05, 0.1) is 0 Å². The number of hydrogen-bond donors (Lipinski definition) is 0. The molecule has 2 heteroatoms. The van der Waals surface area contributed by atoms with E-state index in [0.29, 0.717) is 0 Å². The van der Waals surface area contributed by atoms with Gasteiger partial charge in [-0.15, -0.1) is 0 Å². The topological polar surface area (TPSA) is 6.48 Å². The molecule has 0 aromatic carbocycles. The molecule has 0 spiro atoms. The van der Waals surface area contributed by atoms with Gasteiger partial charge in [-0.1, -0.05) is 6.92 Å². The molecule has 0 N–H and O–H groups in total. The summed E-state index contributed by atoms with van der Waals surface area (Å²) in [5.74, 6) is 2.04. The van der Waals surface area contributed by atoms with Gasteiger partial charge in [-0.25, -0.2) is 0 Å². The minimum Gasteiger partial charge on any atom is -0.303 e. The molecule has 1 aliphatic carbocycles.